The highest BCUT2D eigenvalue weighted by Gasteiger charge is 2.41. The molecule has 1 heterocycles. The van der Waals surface area contributed by atoms with Crippen molar-refractivity contribution in [2.45, 2.75) is 19.3 Å². The lowest BCUT2D eigenvalue weighted by molar-refractivity contribution is -0.118. The molecule has 0 amide bonds. The Bertz CT molecular complexity index is 263. The summed E-state index contributed by atoms with van der Waals surface area (Å²) >= 11 is 1.71. The fourth-order valence-corrected chi connectivity index (χ4v) is 2.22. The summed E-state index contributed by atoms with van der Waals surface area (Å²) in [7, 11) is 0. The number of thiophene rings is 1. The minimum atomic E-state index is 0.338. The number of carbonyl (C=O) groups is 1. The molecule has 0 spiro atoms. The molecular formula is C9H10OS. The van der Waals surface area contributed by atoms with Gasteiger partial charge in [0, 0.05) is 5.92 Å². The number of hydrogen-bond acceptors (Lipinski definition) is 2. The van der Waals surface area contributed by atoms with Crippen LogP contribution >= 0.6 is 11.3 Å². The number of hydrogen-bond donors (Lipinski definition) is 0. The van der Waals surface area contributed by atoms with Gasteiger partial charge in [0.2, 0.25) is 0 Å². The molecule has 1 aliphatic carbocycles. The van der Waals surface area contributed by atoms with E-state index in [1.165, 1.54) is 5.56 Å². The van der Waals surface area contributed by atoms with E-state index in [4.69, 9.17) is 0 Å². The SMILES string of the molecule is CC(=O)[C@@H]1C[C@@H]1c1ccsc1. The van der Waals surface area contributed by atoms with Gasteiger partial charge in [-0.3, -0.25) is 4.79 Å². The lowest BCUT2D eigenvalue weighted by Gasteiger charge is -1.90. The maximum Gasteiger partial charge on any atom is 0.133 e. The van der Waals surface area contributed by atoms with Crippen LogP contribution in [0.3, 0.4) is 0 Å². The Morgan fingerprint density at radius 2 is 2.55 bits per heavy atom. The minimum absolute atomic E-state index is 0.338. The van der Waals surface area contributed by atoms with Crippen molar-refractivity contribution in [2.24, 2.45) is 5.92 Å². The summed E-state index contributed by atoms with van der Waals surface area (Å²) in [6.07, 6.45) is 1.08. The zero-order valence-electron chi connectivity index (χ0n) is 6.41. The van der Waals surface area contributed by atoms with Crippen LogP contribution in [-0.4, -0.2) is 5.78 Å². The smallest absolute Gasteiger partial charge is 0.133 e. The average molecular weight is 166 g/mol. The van der Waals surface area contributed by atoms with Gasteiger partial charge in [0.15, 0.2) is 0 Å². The van der Waals surface area contributed by atoms with Crippen molar-refractivity contribution in [3.05, 3.63) is 22.4 Å². The van der Waals surface area contributed by atoms with Crippen LogP contribution in [0.1, 0.15) is 24.8 Å². The zero-order valence-corrected chi connectivity index (χ0v) is 7.23. The summed E-state index contributed by atoms with van der Waals surface area (Å²) in [5, 5.41) is 4.22. The second-order valence-electron chi connectivity index (χ2n) is 3.12. The van der Waals surface area contributed by atoms with Crippen LogP contribution in [0, 0.1) is 5.92 Å². The fourth-order valence-electron chi connectivity index (χ4n) is 1.50. The molecule has 0 saturated heterocycles. The van der Waals surface area contributed by atoms with Crippen molar-refractivity contribution < 1.29 is 4.79 Å². The molecular weight excluding hydrogens is 156 g/mol. The largest absolute Gasteiger partial charge is 0.300 e. The molecule has 2 atom stereocenters. The molecule has 58 valence electrons. The molecule has 1 saturated carbocycles. The highest BCUT2D eigenvalue weighted by molar-refractivity contribution is 7.08. The van der Waals surface area contributed by atoms with Gasteiger partial charge < -0.3 is 0 Å². The molecule has 11 heavy (non-hydrogen) atoms. The first-order valence-corrected chi connectivity index (χ1v) is 4.76. The van der Waals surface area contributed by atoms with Crippen molar-refractivity contribution in [1.82, 2.24) is 0 Å². The van der Waals surface area contributed by atoms with E-state index in [0.717, 1.165) is 6.42 Å². The van der Waals surface area contributed by atoms with E-state index in [1.807, 2.05) is 0 Å². The van der Waals surface area contributed by atoms with Crippen LogP contribution in [0.15, 0.2) is 16.8 Å². The molecule has 0 aliphatic heterocycles. The minimum Gasteiger partial charge on any atom is -0.300 e. The molecule has 1 fully saturated rings. The summed E-state index contributed by atoms with van der Waals surface area (Å²) in [6, 6.07) is 2.12. The third kappa shape index (κ3) is 1.23. The van der Waals surface area contributed by atoms with E-state index >= 15 is 0 Å². The summed E-state index contributed by atoms with van der Waals surface area (Å²) in [6.45, 7) is 1.69. The molecule has 0 bridgehead atoms. The van der Waals surface area contributed by atoms with Gasteiger partial charge in [0.25, 0.3) is 0 Å². The summed E-state index contributed by atoms with van der Waals surface area (Å²) in [4.78, 5) is 10.9. The fraction of sp³-hybridized carbons (Fsp3) is 0.444. The predicted octanol–water partition coefficient (Wildman–Crippen LogP) is 2.44. The van der Waals surface area contributed by atoms with Gasteiger partial charge in [-0.2, -0.15) is 11.3 Å². The number of rotatable bonds is 2. The molecule has 2 heteroatoms. The Labute approximate surface area is 70.1 Å². The molecule has 1 aromatic heterocycles. The summed E-state index contributed by atoms with van der Waals surface area (Å²) in [5.41, 5.74) is 1.36. The number of ketones is 1. The van der Waals surface area contributed by atoms with Gasteiger partial charge in [-0.15, -0.1) is 0 Å². The van der Waals surface area contributed by atoms with Crippen LogP contribution in [0.2, 0.25) is 0 Å². The third-order valence-corrected chi connectivity index (χ3v) is 2.99. The molecule has 1 aromatic rings. The Morgan fingerprint density at radius 3 is 3.00 bits per heavy atom. The molecule has 2 rings (SSSR count). The monoisotopic (exact) mass is 166 g/mol. The maximum absolute atomic E-state index is 10.9. The van der Waals surface area contributed by atoms with Crippen LogP contribution in [0.4, 0.5) is 0 Å². The lowest BCUT2D eigenvalue weighted by atomic mass is 10.1. The van der Waals surface area contributed by atoms with Gasteiger partial charge in [0.05, 0.1) is 0 Å². The molecule has 0 radical (unpaired) electrons. The third-order valence-electron chi connectivity index (χ3n) is 2.28. The van der Waals surface area contributed by atoms with E-state index in [-0.39, 0.29) is 0 Å². The van der Waals surface area contributed by atoms with Crippen molar-refractivity contribution in [1.29, 1.82) is 0 Å². The highest BCUT2D eigenvalue weighted by atomic mass is 32.1. The van der Waals surface area contributed by atoms with Crippen molar-refractivity contribution in [3.8, 4) is 0 Å². The zero-order chi connectivity index (χ0) is 7.84. The van der Waals surface area contributed by atoms with Gasteiger partial charge in [-0.1, -0.05) is 0 Å². The predicted molar refractivity (Wildman–Crippen MR) is 45.8 cm³/mol. The second kappa shape index (κ2) is 2.45. The van der Waals surface area contributed by atoms with E-state index in [0.29, 0.717) is 17.6 Å². The first-order chi connectivity index (χ1) is 5.29. The van der Waals surface area contributed by atoms with Crippen LogP contribution in [-0.2, 0) is 4.79 Å². The average Bonchev–Trinajstić information content (AvgIpc) is 2.60. The number of carbonyl (C=O) groups excluding carboxylic acids is 1. The highest BCUT2D eigenvalue weighted by Crippen LogP contribution is 2.48. The standard InChI is InChI=1S/C9H10OS/c1-6(10)8-4-9(8)7-2-3-11-5-7/h2-3,5,8-9H,4H2,1H3/t8-,9+/m0/s1. The first-order valence-electron chi connectivity index (χ1n) is 3.81. The van der Waals surface area contributed by atoms with Crippen LogP contribution in [0.25, 0.3) is 0 Å². The first kappa shape index (κ1) is 7.04. The van der Waals surface area contributed by atoms with Crippen molar-refractivity contribution in [2.75, 3.05) is 0 Å². The second-order valence-corrected chi connectivity index (χ2v) is 3.90. The van der Waals surface area contributed by atoms with Crippen molar-refractivity contribution >= 4 is 17.1 Å². The quantitative estimate of drug-likeness (QED) is 0.659. The Hall–Kier alpha value is -0.630. The maximum atomic E-state index is 10.9. The van der Waals surface area contributed by atoms with E-state index in [9.17, 15) is 4.79 Å². The van der Waals surface area contributed by atoms with E-state index in [1.54, 1.807) is 18.3 Å². The number of Topliss-reactive ketones (excluding diaryl/α,β-unsaturated/α-hetero) is 1. The normalized spacial score (nSPS) is 28.5. The Morgan fingerprint density at radius 1 is 1.73 bits per heavy atom. The van der Waals surface area contributed by atoms with Crippen LogP contribution < -0.4 is 0 Å². The van der Waals surface area contributed by atoms with Gasteiger partial charge in [-0.05, 0) is 41.7 Å². The lowest BCUT2D eigenvalue weighted by Crippen LogP contribution is -1.93. The molecule has 1 nitrogen and oxygen atoms in total. The molecule has 1 aliphatic rings. The molecule has 0 unspecified atom stereocenters. The van der Waals surface area contributed by atoms with E-state index in [2.05, 4.69) is 16.8 Å². The molecule has 0 N–H and O–H groups in total. The topological polar surface area (TPSA) is 17.1 Å². The van der Waals surface area contributed by atoms with Crippen LogP contribution in [0.5, 0.6) is 0 Å². The van der Waals surface area contributed by atoms with Gasteiger partial charge >= 0.3 is 0 Å². The summed E-state index contributed by atoms with van der Waals surface area (Å²) in [5.74, 6) is 1.24. The summed E-state index contributed by atoms with van der Waals surface area (Å²) < 4.78 is 0. The van der Waals surface area contributed by atoms with Gasteiger partial charge in [0.1, 0.15) is 5.78 Å². The molecule has 0 aromatic carbocycles. The Kier molecular flexibility index (Phi) is 1.57. The Balaban J connectivity index is 2.08. The van der Waals surface area contributed by atoms with Crippen molar-refractivity contribution in [3.63, 3.8) is 0 Å². The van der Waals surface area contributed by atoms with Gasteiger partial charge in [-0.25, -0.2) is 0 Å². The van der Waals surface area contributed by atoms with E-state index < -0.39 is 0 Å².